The number of hydrogen-bond acceptors (Lipinski definition) is 5. The highest BCUT2D eigenvalue weighted by atomic mass is 35.5. The van der Waals surface area contributed by atoms with Crippen LogP contribution in [0.15, 0.2) is 47.1 Å². The van der Waals surface area contributed by atoms with Crippen molar-refractivity contribution in [3.8, 4) is 11.1 Å². The van der Waals surface area contributed by atoms with E-state index in [1.165, 1.54) is 24.5 Å². The highest BCUT2D eigenvalue weighted by molar-refractivity contribution is 6.32. The third kappa shape index (κ3) is 6.34. The quantitative estimate of drug-likeness (QED) is 0.372. The van der Waals surface area contributed by atoms with E-state index in [1.807, 2.05) is 13.8 Å². The first-order valence-electron chi connectivity index (χ1n) is 10.5. The Kier molecular flexibility index (Phi) is 8.30. The minimum atomic E-state index is -1.21. The number of oxazole rings is 1. The zero-order chi connectivity index (χ0) is 25.0. The van der Waals surface area contributed by atoms with Gasteiger partial charge in [0.2, 0.25) is 0 Å². The minimum absolute atomic E-state index is 0.0557. The summed E-state index contributed by atoms with van der Waals surface area (Å²) in [7, 11) is 0. The molecule has 0 bridgehead atoms. The summed E-state index contributed by atoms with van der Waals surface area (Å²) in [6, 6.07) is 7.28. The van der Waals surface area contributed by atoms with Gasteiger partial charge in [0.05, 0.1) is 5.69 Å². The number of carboxylic acids is 1. The fraction of sp³-hybridized carbons (Fsp3) is 0.292. The molecule has 2 aromatic carbocycles. The Balaban J connectivity index is 1.83. The summed E-state index contributed by atoms with van der Waals surface area (Å²) >= 11 is 12.4. The maximum atomic E-state index is 14.2. The molecule has 0 fully saturated rings. The predicted molar refractivity (Wildman–Crippen MR) is 128 cm³/mol. The summed E-state index contributed by atoms with van der Waals surface area (Å²) in [6.45, 7) is 3.82. The lowest BCUT2D eigenvalue weighted by Crippen LogP contribution is -2.43. The highest BCUT2D eigenvalue weighted by Crippen LogP contribution is 2.30. The molecule has 1 aromatic heterocycles. The zero-order valence-corrected chi connectivity index (χ0v) is 20.0. The Labute approximate surface area is 206 Å². The topological polar surface area (TPSA) is 118 Å². The minimum Gasteiger partial charge on any atom is -0.480 e. The molecule has 0 saturated heterocycles. The largest absolute Gasteiger partial charge is 0.480 e. The zero-order valence-electron chi connectivity index (χ0n) is 18.5. The molecule has 0 saturated carbocycles. The first-order chi connectivity index (χ1) is 16.0. The number of rotatable bonds is 9. The van der Waals surface area contributed by atoms with Gasteiger partial charge in [0.15, 0.2) is 0 Å². The number of carbonyl (C=O) groups is 2. The molecule has 7 nitrogen and oxygen atoms in total. The molecule has 0 aliphatic heterocycles. The van der Waals surface area contributed by atoms with Crippen LogP contribution in [0.4, 0.5) is 4.39 Å². The number of halogens is 3. The van der Waals surface area contributed by atoms with Gasteiger partial charge in [-0.1, -0.05) is 49.2 Å². The third-order valence-corrected chi connectivity index (χ3v) is 5.84. The molecule has 1 heterocycles. The molecule has 0 aliphatic carbocycles. The summed E-state index contributed by atoms with van der Waals surface area (Å²) in [5, 5.41) is 12.7. The van der Waals surface area contributed by atoms with E-state index in [0.717, 1.165) is 0 Å². The van der Waals surface area contributed by atoms with Gasteiger partial charge in [0.25, 0.3) is 5.89 Å². The van der Waals surface area contributed by atoms with Crippen molar-refractivity contribution in [1.82, 2.24) is 10.3 Å². The molecule has 3 aromatic rings. The lowest BCUT2D eigenvalue weighted by Gasteiger charge is -2.21. The smallest absolute Gasteiger partial charge is 0.320 e. The van der Waals surface area contributed by atoms with Gasteiger partial charge in [0.1, 0.15) is 18.1 Å². The first kappa shape index (κ1) is 25.7. The van der Waals surface area contributed by atoms with Crippen molar-refractivity contribution in [2.45, 2.75) is 44.7 Å². The van der Waals surface area contributed by atoms with Gasteiger partial charge >= 0.3 is 11.9 Å². The fourth-order valence-electron chi connectivity index (χ4n) is 3.37. The van der Waals surface area contributed by atoms with Gasteiger partial charge in [-0.3, -0.25) is 9.59 Å². The van der Waals surface area contributed by atoms with Crippen LogP contribution in [-0.4, -0.2) is 34.1 Å². The molecule has 0 spiro atoms. The number of carbonyl (C=O) groups excluding carboxylic acids is 1. The van der Waals surface area contributed by atoms with Crippen molar-refractivity contribution in [2.24, 2.45) is 5.73 Å². The Morgan fingerprint density at radius 3 is 2.56 bits per heavy atom. The van der Waals surface area contributed by atoms with E-state index in [2.05, 4.69) is 10.3 Å². The van der Waals surface area contributed by atoms with E-state index in [-0.39, 0.29) is 24.7 Å². The fourth-order valence-corrected chi connectivity index (χ4v) is 3.80. The number of nitrogens with one attached hydrogen (secondary N) is 1. The molecule has 180 valence electrons. The van der Waals surface area contributed by atoms with Gasteiger partial charge < -0.3 is 20.6 Å². The van der Waals surface area contributed by atoms with Crippen molar-refractivity contribution < 1.29 is 23.5 Å². The van der Waals surface area contributed by atoms with Crippen molar-refractivity contribution >= 4 is 35.1 Å². The molecule has 2 atom stereocenters. The molecule has 0 radical (unpaired) electrons. The van der Waals surface area contributed by atoms with E-state index in [9.17, 15) is 19.1 Å². The summed E-state index contributed by atoms with van der Waals surface area (Å²) in [4.78, 5) is 28.2. The van der Waals surface area contributed by atoms with Crippen LogP contribution in [-0.2, 0) is 11.2 Å². The first-order valence-corrected chi connectivity index (χ1v) is 11.3. The summed E-state index contributed by atoms with van der Waals surface area (Å²) in [6.07, 6.45) is 1.53. The number of carboxylic acid groups (broad SMARTS) is 1. The molecule has 34 heavy (non-hydrogen) atoms. The van der Waals surface area contributed by atoms with Crippen LogP contribution >= 0.6 is 23.2 Å². The number of aliphatic carboxylic acids is 1. The van der Waals surface area contributed by atoms with E-state index in [0.29, 0.717) is 32.4 Å². The number of nitrogens with two attached hydrogens (primary N) is 1. The highest BCUT2D eigenvalue weighted by Gasteiger charge is 2.24. The Morgan fingerprint density at radius 2 is 1.94 bits per heavy atom. The van der Waals surface area contributed by atoms with Crippen LogP contribution in [0, 0.1) is 5.82 Å². The van der Waals surface area contributed by atoms with Crippen LogP contribution < -0.4 is 11.1 Å². The lowest BCUT2D eigenvalue weighted by molar-refractivity contribution is -0.138. The van der Waals surface area contributed by atoms with Crippen molar-refractivity contribution in [3.63, 3.8) is 0 Å². The standard InChI is InChI=1S/C24H24Cl2FN3O4/c1-12(2)21-11-34-23(30-21)22(31)29-16(10-20(28)24(32)33)7-14-4-3-13(8-18(14)26)17-9-15(25)5-6-19(17)27/h3-6,8-9,11-12,16,20H,7,10,28H2,1-2H3,(H,29,31)(H,32,33)/t16-,20-/m1/s1. The van der Waals surface area contributed by atoms with Crippen LogP contribution in [0.3, 0.4) is 0 Å². The number of hydrogen-bond donors (Lipinski definition) is 3. The van der Waals surface area contributed by atoms with Crippen LogP contribution in [0.2, 0.25) is 10.0 Å². The van der Waals surface area contributed by atoms with E-state index >= 15 is 0 Å². The van der Waals surface area contributed by atoms with Gasteiger partial charge in [-0.25, -0.2) is 9.37 Å². The number of aromatic nitrogens is 1. The van der Waals surface area contributed by atoms with E-state index in [1.54, 1.807) is 18.2 Å². The van der Waals surface area contributed by atoms with E-state index < -0.39 is 29.8 Å². The maximum absolute atomic E-state index is 14.2. The molecule has 1 amide bonds. The lowest BCUT2D eigenvalue weighted by atomic mass is 9.97. The molecular formula is C24H24Cl2FN3O4. The molecule has 0 unspecified atom stereocenters. The molecule has 3 rings (SSSR count). The Bertz CT molecular complexity index is 1200. The average molecular weight is 508 g/mol. The van der Waals surface area contributed by atoms with Gasteiger partial charge in [-0.15, -0.1) is 0 Å². The number of nitrogens with zero attached hydrogens (tertiary/aromatic N) is 1. The normalized spacial score (nSPS) is 13.0. The predicted octanol–water partition coefficient (Wildman–Crippen LogP) is 5.05. The second-order valence-electron chi connectivity index (χ2n) is 8.22. The summed E-state index contributed by atoms with van der Waals surface area (Å²) in [5.41, 5.74) is 7.78. The van der Waals surface area contributed by atoms with Crippen molar-refractivity contribution in [3.05, 3.63) is 75.7 Å². The van der Waals surface area contributed by atoms with Crippen LogP contribution in [0.25, 0.3) is 11.1 Å². The maximum Gasteiger partial charge on any atom is 0.320 e. The molecular weight excluding hydrogens is 484 g/mol. The van der Waals surface area contributed by atoms with E-state index in [4.69, 9.17) is 33.4 Å². The molecule has 4 N–H and O–H groups in total. The SMILES string of the molecule is CC(C)c1coc(C(=O)N[C@H](Cc2ccc(-c3cc(Cl)ccc3F)cc2Cl)C[C@@H](N)C(=O)O)n1. The third-order valence-electron chi connectivity index (χ3n) is 5.26. The van der Waals surface area contributed by atoms with Crippen molar-refractivity contribution in [2.75, 3.05) is 0 Å². The van der Waals surface area contributed by atoms with Gasteiger partial charge in [-0.05, 0) is 54.2 Å². The van der Waals surface area contributed by atoms with Gasteiger partial charge in [-0.2, -0.15) is 0 Å². The Hall–Kier alpha value is -2.94. The van der Waals surface area contributed by atoms with Crippen LogP contribution in [0.5, 0.6) is 0 Å². The summed E-state index contributed by atoms with van der Waals surface area (Å²) in [5.74, 6) is -2.30. The van der Waals surface area contributed by atoms with Gasteiger partial charge in [0, 0.05) is 21.7 Å². The number of benzene rings is 2. The van der Waals surface area contributed by atoms with Crippen molar-refractivity contribution in [1.29, 1.82) is 0 Å². The monoisotopic (exact) mass is 507 g/mol. The second-order valence-corrected chi connectivity index (χ2v) is 9.06. The summed E-state index contributed by atoms with van der Waals surface area (Å²) < 4.78 is 19.5. The van der Waals surface area contributed by atoms with Crippen LogP contribution in [0.1, 0.15) is 48.1 Å². The number of amides is 1. The molecule has 10 heteroatoms. The Morgan fingerprint density at radius 1 is 1.21 bits per heavy atom. The second kappa shape index (κ2) is 11.0. The average Bonchev–Trinajstić information content (AvgIpc) is 3.27. The molecule has 0 aliphatic rings.